The van der Waals surface area contributed by atoms with Gasteiger partial charge in [-0.2, -0.15) is 10.1 Å². The minimum Gasteiger partial charge on any atom is -0.307 e. The van der Waals surface area contributed by atoms with Gasteiger partial charge >= 0.3 is 6.03 Å². The van der Waals surface area contributed by atoms with E-state index in [9.17, 15) is 9.59 Å². The minimum atomic E-state index is -0.428. The Labute approximate surface area is 150 Å². The summed E-state index contributed by atoms with van der Waals surface area (Å²) in [6.45, 7) is 0. The number of hydrazone groups is 1. The van der Waals surface area contributed by atoms with Crippen LogP contribution in [0.5, 0.6) is 0 Å². The topological polar surface area (TPSA) is 73.8 Å². The summed E-state index contributed by atoms with van der Waals surface area (Å²) < 4.78 is 0. The first kappa shape index (κ1) is 15.8. The third-order valence-corrected chi connectivity index (χ3v) is 4.07. The lowest BCUT2D eigenvalue weighted by atomic mass is 10.1. The molecule has 128 valence electrons. The van der Waals surface area contributed by atoms with Gasteiger partial charge in [-0.05, 0) is 23.6 Å². The molecule has 6 nitrogen and oxygen atoms in total. The molecule has 1 heterocycles. The molecule has 26 heavy (non-hydrogen) atoms. The van der Waals surface area contributed by atoms with Crippen molar-refractivity contribution in [3.8, 4) is 0 Å². The first-order valence-electron chi connectivity index (χ1n) is 8.22. The summed E-state index contributed by atoms with van der Waals surface area (Å²) in [7, 11) is 0. The predicted molar refractivity (Wildman–Crippen MR) is 102 cm³/mol. The average Bonchev–Trinajstić information content (AvgIpc) is 3.03. The summed E-state index contributed by atoms with van der Waals surface area (Å²) in [6.07, 6.45) is 0.0534. The monoisotopic (exact) mass is 344 g/mol. The molecule has 0 bridgehead atoms. The molecule has 0 saturated heterocycles. The highest BCUT2D eigenvalue weighted by Crippen LogP contribution is 2.23. The molecule has 4 rings (SSSR count). The van der Waals surface area contributed by atoms with Crippen LogP contribution in [0.4, 0.5) is 16.2 Å². The van der Waals surface area contributed by atoms with Crippen LogP contribution in [-0.2, 0) is 4.79 Å². The van der Waals surface area contributed by atoms with Crippen molar-refractivity contribution in [1.29, 1.82) is 0 Å². The smallest absolute Gasteiger partial charge is 0.307 e. The number of fused-ring (bicyclic) bond motifs is 1. The van der Waals surface area contributed by atoms with Gasteiger partial charge in [-0.15, -0.1) is 0 Å². The van der Waals surface area contributed by atoms with Crippen molar-refractivity contribution in [2.24, 2.45) is 5.10 Å². The number of amides is 3. The van der Waals surface area contributed by atoms with Crippen molar-refractivity contribution in [1.82, 2.24) is 5.32 Å². The van der Waals surface area contributed by atoms with Gasteiger partial charge in [0.05, 0.1) is 17.8 Å². The molecule has 0 saturated carbocycles. The maximum atomic E-state index is 12.3. The van der Waals surface area contributed by atoms with Gasteiger partial charge in [-0.1, -0.05) is 54.6 Å². The van der Waals surface area contributed by atoms with Crippen molar-refractivity contribution >= 4 is 39.9 Å². The number of hydrogen-bond donors (Lipinski definition) is 2. The Morgan fingerprint density at radius 1 is 0.885 bits per heavy atom. The molecular formula is C20H16N4O2. The fourth-order valence-corrected chi connectivity index (χ4v) is 2.89. The minimum absolute atomic E-state index is 0.0534. The van der Waals surface area contributed by atoms with E-state index in [0.717, 1.165) is 10.8 Å². The number of nitrogens with zero attached hydrogens (tertiary/aromatic N) is 2. The number of anilines is 2. The number of rotatable bonds is 2. The van der Waals surface area contributed by atoms with Crippen LogP contribution < -0.4 is 15.6 Å². The van der Waals surface area contributed by atoms with E-state index in [4.69, 9.17) is 0 Å². The van der Waals surface area contributed by atoms with Crippen molar-refractivity contribution in [2.75, 3.05) is 10.3 Å². The number of urea groups is 1. The van der Waals surface area contributed by atoms with Crippen molar-refractivity contribution in [2.45, 2.75) is 6.42 Å². The van der Waals surface area contributed by atoms with Crippen LogP contribution in [-0.4, -0.2) is 17.8 Å². The molecule has 1 aliphatic rings. The first-order valence-corrected chi connectivity index (χ1v) is 8.22. The fraction of sp³-hybridized carbons (Fsp3) is 0.0500. The Morgan fingerprint density at radius 3 is 2.46 bits per heavy atom. The Kier molecular flexibility index (Phi) is 4.07. The maximum absolute atomic E-state index is 12.3. The second kappa shape index (κ2) is 6.68. The lowest BCUT2D eigenvalue weighted by Gasteiger charge is -2.10. The predicted octanol–water partition coefficient (Wildman–Crippen LogP) is 3.71. The van der Waals surface area contributed by atoms with Gasteiger partial charge in [-0.25, -0.2) is 4.79 Å². The van der Waals surface area contributed by atoms with Crippen LogP contribution in [0.1, 0.15) is 6.42 Å². The summed E-state index contributed by atoms with van der Waals surface area (Å²) in [4.78, 5) is 24.5. The van der Waals surface area contributed by atoms with Crippen molar-refractivity contribution < 1.29 is 9.59 Å². The van der Waals surface area contributed by atoms with Gasteiger partial charge in [-0.3, -0.25) is 10.1 Å². The Hall–Kier alpha value is -3.67. The van der Waals surface area contributed by atoms with E-state index in [-0.39, 0.29) is 12.3 Å². The van der Waals surface area contributed by atoms with Crippen LogP contribution in [0.2, 0.25) is 0 Å². The standard InChI is InChI=1S/C20H16N4O2/c25-19-13-18(23-24(19)15-9-2-1-3-10-15)22-20(26)21-17-12-6-8-14-7-4-5-11-16(14)17/h1-12H,13H2,(H2,21,22,23,26). The van der Waals surface area contributed by atoms with Gasteiger partial charge in [0.25, 0.3) is 5.91 Å². The zero-order valence-corrected chi connectivity index (χ0v) is 13.8. The number of benzene rings is 3. The fourth-order valence-electron chi connectivity index (χ4n) is 2.89. The largest absolute Gasteiger partial charge is 0.324 e. The van der Waals surface area contributed by atoms with E-state index < -0.39 is 6.03 Å². The molecule has 0 fully saturated rings. The Balaban J connectivity index is 1.49. The molecule has 0 atom stereocenters. The number of para-hydroxylation sites is 1. The molecule has 0 spiro atoms. The van der Waals surface area contributed by atoms with Crippen LogP contribution >= 0.6 is 0 Å². The van der Waals surface area contributed by atoms with Gasteiger partial charge in [0, 0.05) is 5.39 Å². The summed E-state index contributed by atoms with van der Waals surface area (Å²) in [6, 6.07) is 22.2. The van der Waals surface area contributed by atoms with E-state index >= 15 is 0 Å². The third-order valence-electron chi connectivity index (χ3n) is 4.07. The van der Waals surface area contributed by atoms with E-state index in [1.807, 2.05) is 60.7 Å². The lowest BCUT2D eigenvalue weighted by Crippen LogP contribution is -2.33. The van der Waals surface area contributed by atoms with Crippen molar-refractivity contribution in [3.63, 3.8) is 0 Å². The Bertz CT molecular complexity index is 1010. The molecule has 3 aromatic rings. The molecule has 3 amide bonds. The lowest BCUT2D eigenvalue weighted by molar-refractivity contribution is -0.116. The average molecular weight is 344 g/mol. The number of carbonyl (C=O) groups is 2. The highest BCUT2D eigenvalue weighted by Gasteiger charge is 2.26. The van der Waals surface area contributed by atoms with Gasteiger partial charge in [0.2, 0.25) is 0 Å². The third kappa shape index (κ3) is 3.12. The number of carbonyl (C=O) groups excluding carboxylic acids is 2. The van der Waals surface area contributed by atoms with Crippen LogP contribution in [0.25, 0.3) is 10.8 Å². The molecule has 0 aromatic heterocycles. The number of hydrogen-bond acceptors (Lipinski definition) is 3. The van der Waals surface area contributed by atoms with Crippen LogP contribution in [0, 0.1) is 0 Å². The molecular weight excluding hydrogens is 328 g/mol. The zero-order chi connectivity index (χ0) is 17.9. The summed E-state index contributed by atoms with van der Waals surface area (Å²) in [5.74, 6) is 0.133. The van der Waals surface area contributed by atoms with E-state index in [2.05, 4.69) is 15.7 Å². The van der Waals surface area contributed by atoms with Gasteiger partial charge in [0.15, 0.2) is 0 Å². The number of amidine groups is 1. The van der Waals surface area contributed by atoms with Crippen LogP contribution in [0.3, 0.4) is 0 Å². The quantitative estimate of drug-likeness (QED) is 0.744. The molecule has 0 unspecified atom stereocenters. The molecule has 0 aliphatic carbocycles. The van der Waals surface area contributed by atoms with Gasteiger partial charge < -0.3 is 5.32 Å². The highest BCUT2D eigenvalue weighted by molar-refractivity contribution is 6.17. The normalized spacial score (nSPS) is 13.6. The highest BCUT2D eigenvalue weighted by atomic mass is 16.2. The second-order valence-electron chi connectivity index (χ2n) is 5.87. The summed E-state index contributed by atoms with van der Waals surface area (Å²) in [5.41, 5.74) is 1.37. The van der Waals surface area contributed by atoms with Crippen molar-refractivity contribution in [3.05, 3.63) is 72.8 Å². The molecule has 1 aliphatic heterocycles. The molecule has 6 heteroatoms. The van der Waals surface area contributed by atoms with E-state index in [1.54, 1.807) is 12.1 Å². The molecule has 0 radical (unpaired) electrons. The SMILES string of the molecule is O=C(NC1=NN(c2ccccc2)C(=O)C1)Nc1cccc2ccccc12. The number of nitrogens with one attached hydrogen (secondary N) is 2. The van der Waals surface area contributed by atoms with Gasteiger partial charge in [0.1, 0.15) is 5.84 Å². The Morgan fingerprint density at radius 2 is 1.62 bits per heavy atom. The van der Waals surface area contributed by atoms with Crippen LogP contribution in [0.15, 0.2) is 77.9 Å². The first-order chi connectivity index (χ1) is 12.7. The van der Waals surface area contributed by atoms with E-state index in [1.165, 1.54) is 5.01 Å². The molecule has 2 N–H and O–H groups in total. The summed E-state index contributed by atoms with van der Waals surface area (Å²) >= 11 is 0. The van der Waals surface area contributed by atoms with E-state index in [0.29, 0.717) is 17.2 Å². The maximum Gasteiger partial charge on any atom is 0.324 e. The molecule has 3 aromatic carbocycles. The summed E-state index contributed by atoms with van der Waals surface area (Å²) in [5, 5.41) is 13.0. The zero-order valence-electron chi connectivity index (χ0n) is 13.8. The second-order valence-corrected chi connectivity index (χ2v) is 5.87.